The third-order valence-corrected chi connectivity index (χ3v) is 5.05. The molecule has 28 heavy (non-hydrogen) atoms. The summed E-state index contributed by atoms with van der Waals surface area (Å²) < 4.78 is 11.6. The molecule has 1 amide bonds. The van der Waals surface area contributed by atoms with E-state index in [0.717, 1.165) is 34.6 Å². The maximum absolute atomic E-state index is 12.3. The summed E-state index contributed by atoms with van der Waals surface area (Å²) in [4.78, 5) is 12.3. The highest BCUT2D eigenvalue weighted by molar-refractivity contribution is 6.30. The molecule has 0 aliphatic carbocycles. The monoisotopic (exact) mass is 402 g/mol. The number of hydrogen-bond acceptors (Lipinski definition) is 4. The fourth-order valence-corrected chi connectivity index (χ4v) is 3.41. The molecule has 0 fully saturated rings. The third kappa shape index (κ3) is 5.18. The van der Waals surface area contributed by atoms with E-state index in [1.807, 2.05) is 50.2 Å². The van der Waals surface area contributed by atoms with Crippen LogP contribution in [0.3, 0.4) is 0 Å². The first-order valence-electron chi connectivity index (χ1n) is 9.67. The van der Waals surface area contributed by atoms with E-state index in [1.54, 1.807) is 0 Å². The van der Waals surface area contributed by atoms with E-state index in [0.29, 0.717) is 18.2 Å². The SMILES string of the molecule is CCOc1cc2c(cc1CNC(=O)CN[C@@H](C)c1ccc(Cl)cc1)O[C@@H](C)C2. The lowest BCUT2D eigenvalue weighted by Gasteiger charge is -2.16. The standard InChI is InChI=1S/C22H27ClN2O3/c1-4-27-20-10-17-9-14(2)28-21(17)11-18(20)12-25-22(26)13-24-15(3)16-5-7-19(23)8-6-16/h5-8,10-11,14-15,24H,4,9,12-13H2,1-3H3,(H,25,26)/t14-,15-/m0/s1. The fourth-order valence-electron chi connectivity index (χ4n) is 3.28. The molecule has 0 saturated carbocycles. The summed E-state index contributed by atoms with van der Waals surface area (Å²) in [6.45, 7) is 7.23. The van der Waals surface area contributed by atoms with Crippen LogP contribution in [-0.4, -0.2) is 25.2 Å². The molecular formula is C22H27ClN2O3. The Bertz CT molecular complexity index is 823. The molecule has 3 rings (SSSR count). The molecule has 0 bridgehead atoms. The van der Waals surface area contributed by atoms with Crippen molar-refractivity contribution in [1.82, 2.24) is 10.6 Å². The van der Waals surface area contributed by atoms with Gasteiger partial charge < -0.3 is 20.1 Å². The average molecular weight is 403 g/mol. The van der Waals surface area contributed by atoms with E-state index in [1.165, 1.54) is 0 Å². The molecular weight excluding hydrogens is 376 g/mol. The number of rotatable bonds is 8. The average Bonchev–Trinajstić information content (AvgIpc) is 3.03. The molecule has 1 aliphatic heterocycles. The van der Waals surface area contributed by atoms with Crippen LogP contribution in [0.5, 0.6) is 11.5 Å². The van der Waals surface area contributed by atoms with Gasteiger partial charge in [-0.1, -0.05) is 23.7 Å². The predicted octanol–water partition coefficient (Wildman–Crippen LogP) is 4.03. The van der Waals surface area contributed by atoms with Crippen molar-refractivity contribution in [2.45, 2.75) is 45.9 Å². The molecule has 0 spiro atoms. The Morgan fingerprint density at radius 1 is 1.32 bits per heavy atom. The number of hydrogen-bond donors (Lipinski definition) is 2. The lowest BCUT2D eigenvalue weighted by atomic mass is 10.1. The topological polar surface area (TPSA) is 59.6 Å². The van der Waals surface area contributed by atoms with Gasteiger partial charge in [0.15, 0.2) is 0 Å². The Labute approximate surface area is 171 Å². The molecule has 2 aromatic carbocycles. The Kier molecular flexibility index (Phi) is 6.81. The van der Waals surface area contributed by atoms with Gasteiger partial charge in [0.2, 0.25) is 5.91 Å². The normalized spacial score (nSPS) is 16.2. The van der Waals surface area contributed by atoms with Crippen LogP contribution in [0.25, 0.3) is 0 Å². The first-order valence-corrected chi connectivity index (χ1v) is 10.0. The summed E-state index contributed by atoms with van der Waals surface area (Å²) in [5, 5.41) is 6.89. The molecule has 0 unspecified atom stereocenters. The molecule has 0 aromatic heterocycles. The van der Waals surface area contributed by atoms with Crippen molar-refractivity contribution in [3.63, 3.8) is 0 Å². The van der Waals surface area contributed by atoms with Gasteiger partial charge in [-0.15, -0.1) is 0 Å². The van der Waals surface area contributed by atoms with E-state index >= 15 is 0 Å². The first kappa shape index (κ1) is 20.5. The minimum absolute atomic E-state index is 0.0527. The first-order chi connectivity index (χ1) is 13.5. The van der Waals surface area contributed by atoms with Crippen molar-refractivity contribution < 1.29 is 14.3 Å². The Balaban J connectivity index is 1.55. The lowest BCUT2D eigenvalue weighted by molar-refractivity contribution is -0.120. The van der Waals surface area contributed by atoms with Gasteiger partial charge in [0.1, 0.15) is 17.6 Å². The van der Waals surface area contributed by atoms with Crippen LogP contribution >= 0.6 is 11.6 Å². The van der Waals surface area contributed by atoms with Gasteiger partial charge in [-0.05, 0) is 50.6 Å². The molecule has 2 atom stereocenters. The molecule has 150 valence electrons. The van der Waals surface area contributed by atoms with Crippen LogP contribution in [0.4, 0.5) is 0 Å². The molecule has 1 heterocycles. The second kappa shape index (κ2) is 9.30. The summed E-state index contributed by atoms with van der Waals surface area (Å²) in [6, 6.07) is 11.7. The highest BCUT2D eigenvalue weighted by atomic mass is 35.5. The van der Waals surface area contributed by atoms with Crippen LogP contribution in [0.2, 0.25) is 5.02 Å². The van der Waals surface area contributed by atoms with Crippen molar-refractivity contribution in [3.8, 4) is 11.5 Å². The van der Waals surface area contributed by atoms with Crippen molar-refractivity contribution in [2.24, 2.45) is 0 Å². The fraction of sp³-hybridized carbons (Fsp3) is 0.409. The molecule has 2 aromatic rings. The number of carbonyl (C=O) groups is 1. The van der Waals surface area contributed by atoms with Crippen LogP contribution in [0.1, 0.15) is 43.5 Å². The molecule has 1 aliphatic rings. The van der Waals surface area contributed by atoms with E-state index < -0.39 is 0 Å². The zero-order valence-electron chi connectivity index (χ0n) is 16.5. The zero-order chi connectivity index (χ0) is 20.1. The van der Waals surface area contributed by atoms with Crippen molar-refractivity contribution in [3.05, 3.63) is 58.1 Å². The molecule has 0 radical (unpaired) electrons. The van der Waals surface area contributed by atoms with Crippen molar-refractivity contribution in [2.75, 3.05) is 13.2 Å². The predicted molar refractivity (Wildman–Crippen MR) is 111 cm³/mol. The van der Waals surface area contributed by atoms with Crippen molar-refractivity contribution >= 4 is 17.5 Å². The van der Waals surface area contributed by atoms with Crippen LogP contribution in [0, 0.1) is 0 Å². The summed E-state index contributed by atoms with van der Waals surface area (Å²) in [5.74, 6) is 1.62. The van der Waals surface area contributed by atoms with Crippen LogP contribution < -0.4 is 20.1 Å². The zero-order valence-corrected chi connectivity index (χ0v) is 17.3. The Morgan fingerprint density at radius 2 is 2.07 bits per heavy atom. The number of ether oxygens (including phenoxy) is 2. The minimum Gasteiger partial charge on any atom is -0.494 e. The highest BCUT2D eigenvalue weighted by Gasteiger charge is 2.22. The Hall–Kier alpha value is -2.24. The number of halogens is 1. The van der Waals surface area contributed by atoms with E-state index in [-0.39, 0.29) is 24.6 Å². The number of benzene rings is 2. The Morgan fingerprint density at radius 3 is 2.79 bits per heavy atom. The van der Waals surface area contributed by atoms with Gasteiger partial charge in [-0.3, -0.25) is 4.79 Å². The van der Waals surface area contributed by atoms with Crippen LogP contribution in [-0.2, 0) is 17.8 Å². The highest BCUT2D eigenvalue weighted by Crippen LogP contribution is 2.35. The maximum Gasteiger partial charge on any atom is 0.234 e. The van der Waals surface area contributed by atoms with E-state index in [9.17, 15) is 4.79 Å². The minimum atomic E-state index is -0.0713. The molecule has 6 heteroatoms. The lowest BCUT2D eigenvalue weighted by Crippen LogP contribution is -2.34. The van der Waals surface area contributed by atoms with Gasteiger partial charge in [0.05, 0.1) is 13.2 Å². The quantitative estimate of drug-likeness (QED) is 0.699. The molecule has 5 nitrogen and oxygen atoms in total. The molecule has 2 N–H and O–H groups in total. The largest absolute Gasteiger partial charge is 0.494 e. The van der Waals surface area contributed by atoms with Gasteiger partial charge in [-0.25, -0.2) is 0 Å². The van der Waals surface area contributed by atoms with Gasteiger partial charge >= 0.3 is 0 Å². The maximum atomic E-state index is 12.3. The second-order valence-corrected chi connectivity index (χ2v) is 7.50. The second-order valence-electron chi connectivity index (χ2n) is 7.06. The summed E-state index contributed by atoms with van der Waals surface area (Å²) in [5.41, 5.74) is 3.17. The summed E-state index contributed by atoms with van der Waals surface area (Å²) >= 11 is 5.92. The van der Waals surface area contributed by atoms with Gasteiger partial charge in [-0.2, -0.15) is 0 Å². The smallest absolute Gasteiger partial charge is 0.234 e. The van der Waals surface area contributed by atoms with Crippen LogP contribution in [0.15, 0.2) is 36.4 Å². The number of carbonyl (C=O) groups excluding carboxylic acids is 1. The summed E-state index contributed by atoms with van der Waals surface area (Å²) in [7, 11) is 0. The number of amides is 1. The molecule has 0 saturated heterocycles. The van der Waals surface area contributed by atoms with Gasteiger partial charge in [0.25, 0.3) is 0 Å². The van der Waals surface area contributed by atoms with Gasteiger partial charge in [0, 0.05) is 35.2 Å². The van der Waals surface area contributed by atoms with E-state index in [2.05, 4.69) is 17.6 Å². The van der Waals surface area contributed by atoms with E-state index in [4.69, 9.17) is 21.1 Å². The third-order valence-electron chi connectivity index (χ3n) is 4.79. The summed E-state index contributed by atoms with van der Waals surface area (Å²) in [6.07, 6.45) is 1.06. The van der Waals surface area contributed by atoms with Crippen molar-refractivity contribution in [1.29, 1.82) is 0 Å². The number of nitrogens with one attached hydrogen (secondary N) is 2. The number of fused-ring (bicyclic) bond motifs is 1.